The van der Waals surface area contributed by atoms with Crippen LogP contribution >= 0.6 is 0 Å². The minimum absolute atomic E-state index is 0.327. The van der Waals surface area contributed by atoms with Gasteiger partial charge in [-0.1, -0.05) is 85.0 Å². The summed E-state index contributed by atoms with van der Waals surface area (Å²) in [5.74, 6) is 1.12. The number of unbranched alkanes of at least 4 members (excludes halogenated alkanes) is 5. The van der Waals surface area contributed by atoms with Crippen LogP contribution in [0.4, 0.5) is 0 Å². The molecule has 1 heteroatoms. The molecule has 0 aliphatic carbocycles. The number of rotatable bonds is 14. The summed E-state index contributed by atoms with van der Waals surface area (Å²) in [6.07, 6.45) is 16.6. The van der Waals surface area contributed by atoms with Crippen LogP contribution in [0.25, 0.3) is 0 Å². The Bertz CT molecular complexity index is 188. The maximum absolute atomic E-state index is 11.2. The Labute approximate surface area is 121 Å². The molecule has 0 aromatic heterocycles. The van der Waals surface area contributed by atoms with Gasteiger partial charge in [0.05, 0.1) is 0 Å². The average molecular weight is 268 g/mol. The summed E-state index contributed by atoms with van der Waals surface area (Å²) >= 11 is 0. The molecule has 2 unspecified atom stereocenters. The zero-order chi connectivity index (χ0) is 14.3. The molecule has 19 heavy (non-hydrogen) atoms. The number of hydrogen-bond donors (Lipinski definition) is 0. The van der Waals surface area contributed by atoms with E-state index in [1.165, 1.54) is 70.5 Å². The summed E-state index contributed by atoms with van der Waals surface area (Å²) in [6, 6.07) is 0. The number of aldehydes is 1. The highest BCUT2D eigenvalue weighted by molar-refractivity contribution is 5.53. The lowest BCUT2D eigenvalue weighted by Gasteiger charge is -2.20. The lowest BCUT2D eigenvalue weighted by atomic mass is 9.85. The van der Waals surface area contributed by atoms with Crippen LogP contribution in [-0.4, -0.2) is 6.29 Å². The van der Waals surface area contributed by atoms with Gasteiger partial charge >= 0.3 is 0 Å². The first-order chi connectivity index (χ1) is 9.28. The normalized spacial score (nSPS) is 14.3. The summed E-state index contributed by atoms with van der Waals surface area (Å²) in [5.41, 5.74) is 0. The van der Waals surface area contributed by atoms with Gasteiger partial charge in [-0.2, -0.15) is 0 Å². The van der Waals surface area contributed by atoms with E-state index in [9.17, 15) is 4.79 Å². The summed E-state index contributed by atoms with van der Waals surface area (Å²) < 4.78 is 0. The van der Waals surface area contributed by atoms with Crippen molar-refractivity contribution in [2.24, 2.45) is 11.8 Å². The van der Waals surface area contributed by atoms with E-state index in [0.717, 1.165) is 18.8 Å². The van der Waals surface area contributed by atoms with Crippen LogP contribution in [0, 0.1) is 11.8 Å². The molecule has 0 bridgehead atoms. The second kappa shape index (κ2) is 14.1. The third-order valence-corrected chi connectivity index (χ3v) is 4.19. The van der Waals surface area contributed by atoms with Crippen LogP contribution in [0.1, 0.15) is 97.8 Å². The lowest BCUT2D eigenvalue weighted by Crippen LogP contribution is -2.11. The Morgan fingerprint density at radius 3 is 1.89 bits per heavy atom. The smallest absolute Gasteiger partial charge is 0.123 e. The van der Waals surface area contributed by atoms with Gasteiger partial charge < -0.3 is 4.79 Å². The Morgan fingerprint density at radius 2 is 1.32 bits per heavy atom. The first-order valence-electron chi connectivity index (χ1n) is 8.73. The number of carbonyl (C=O) groups excluding carboxylic acids is 1. The fraction of sp³-hybridized carbons (Fsp3) is 0.944. The molecule has 0 aromatic rings. The highest BCUT2D eigenvalue weighted by atomic mass is 16.1. The van der Waals surface area contributed by atoms with E-state index in [4.69, 9.17) is 0 Å². The topological polar surface area (TPSA) is 17.1 Å². The summed E-state index contributed by atoms with van der Waals surface area (Å²) in [5, 5.41) is 0. The molecule has 0 saturated carbocycles. The zero-order valence-electron chi connectivity index (χ0n) is 13.6. The fourth-order valence-corrected chi connectivity index (χ4v) is 2.87. The summed E-state index contributed by atoms with van der Waals surface area (Å²) in [4.78, 5) is 11.2. The maximum Gasteiger partial charge on any atom is 0.123 e. The highest BCUT2D eigenvalue weighted by Crippen LogP contribution is 2.26. The van der Waals surface area contributed by atoms with Gasteiger partial charge in [-0.3, -0.25) is 0 Å². The van der Waals surface area contributed by atoms with Gasteiger partial charge in [0.2, 0.25) is 0 Å². The van der Waals surface area contributed by atoms with Crippen molar-refractivity contribution < 1.29 is 4.79 Å². The zero-order valence-corrected chi connectivity index (χ0v) is 13.6. The van der Waals surface area contributed by atoms with E-state index in [1.807, 2.05) is 0 Å². The van der Waals surface area contributed by atoms with E-state index in [0.29, 0.717) is 5.92 Å². The molecule has 0 spiro atoms. The van der Waals surface area contributed by atoms with Crippen molar-refractivity contribution in [3.05, 3.63) is 0 Å². The highest BCUT2D eigenvalue weighted by Gasteiger charge is 2.15. The van der Waals surface area contributed by atoms with Gasteiger partial charge in [0.25, 0.3) is 0 Å². The largest absolute Gasteiger partial charge is 0.303 e. The molecule has 0 heterocycles. The SMILES string of the molecule is CCCCCCC(CCCC)CC(C=O)CCCC. The van der Waals surface area contributed by atoms with Crippen molar-refractivity contribution in [3.63, 3.8) is 0 Å². The maximum atomic E-state index is 11.2. The molecule has 0 N–H and O–H groups in total. The van der Waals surface area contributed by atoms with Gasteiger partial charge in [0.1, 0.15) is 6.29 Å². The fourth-order valence-electron chi connectivity index (χ4n) is 2.87. The monoisotopic (exact) mass is 268 g/mol. The number of carbonyl (C=O) groups is 1. The quantitative estimate of drug-likeness (QED) is 0.272. The first kappa shape index (κ1) is 18.7. The molecule has 0 saturated heterocycles. The van der Waals surface area contributed by atoms with Crippen LogP contribution in [0.2, 0.25) is 0 Å². The standard InChI is InChI=1S/C18H36O/c1-4-7-10-11-14-17(12-8-5-2)15-18(16-19)13-9-6-3/h16-18H,4-15H2,1-3H3. The van der Waals surface area contributed by atoms with E-state index in [1.54, 1.807) is 0 Å². The number of hydrogen-bond acceptors (Lipinski definition) is 1. The Morgan fingerprint density at radius 1 is 0.737 bits per heavy atom. The van der Waals surface area contributed by atoms with Crippen LogP contribution < -0.4 is 0 Å². The molecule has 0 amide bonds. The van der Waals surface area contributed by atoms with Crippen LogP contribution in [-0.2, 0) is 4.79 Å². The van der Waals surface area contributed by atoms with Crippen molar-refractivity contribution in [2.75, 3.05) is 0 Å². The van der Waals surface area contributed by atoms with Crippen molar-refractivity contribution in [2.45, 2.75) is 97.8 Å². The minimum atomic E-state index is 0.327. The van der Waals surface area contributed by atoms with E-state index in [2.05, 4.69) is 20.8 Å². The molecule has 0 rings (SSSR count). The molecular weight excluding hydrogens is 232 g/mol. The Hall–Kier alpha value is -0.330. The van der Waals surface area contributed by atoms with E-state index >= 15 is 0 Å². The van der Waals surface area contributed by atoms with Crippen molar-refractivity contribution >= 4 is 6.29 Å². The predicted octanol–water partition coefficient (Wildman–Crippen LogP) is 6.16. The summed E-state index contributed by atoms with van der Waals surface area (Å²) in [7, 11) is 0. The van der Waals surface area contributed by atoms with Crippen molar-refractivity contribution in [1.29, 1.82) is 0 Å². The van der Waals surface area contributed by atoms with Gasteiger partial charge in [-0.15, -0.1) is 0 Å². The van der Waals surface area contributed by atoms with E-state index < -0.39 is 0 Å². The van der Waals surface area contributed by atoms with Crippen molar-refractivity contribution in [3.8, 4) is 0 Å². The van der Waals surface area contributed by atoms with Gasteiger partial charge in [-0.25, -0.2) is 0 Å². The first-order valence-corrected chi connectivity index (χ1v) is 8.73. The van der Waals surface area contributed by atoms with Crippen LogP contribution in [0.3, 0.4) is 0 Å². The predicted molar refractivity (Wildman–Crippen MR) is 85.5 cm³/mol. The molecule has 0 aliphatic heterocycles. The molecule has 114 valence electrons. The van der Waals surface area contributed by atoms with Crippen molar-refractivity contribution in [1.82, 2.24) is 0 Å². The molecule has 1 nitrogen and oxygen atoms in total. The average Bonchev–Trinajstić information content (AvgIpc) is 2.44. The van der Waals surface area contributed by atoms with Gasteiger partial charge in [0, 0.05) is 5.92 Å². The molecule has 0 aromatic carbocycles. The molecule has 2 atom stereocenters. The molecule has 0 fully saturated rings. The summed E-state index contributed by atoms with van der Waals surface area (Å²) in [6.45, 7) is 6.74. The minimum Gasteiger partial charge on any atom is -0.303 e. The van der Waals surface area contributed by atoms with Crippen LogP contribution in [0.15, 0.2) is 0 Å². The van der Waals surface area contributed by atoms with Gasteiger partial charge in [0.15, 0.2) is 0 Å². The molecule has 0 aliphatic rings. The third kappa shape index (κ3) is 11.2. The Balaban J connectivity index is 4.02. The second-order valence-electron chi connectivity index (χ2n) is 6.13. The van der Waals surface area contributed by atoms with E-state index in [-0.39, 0.29) is 0 Å². The second-order valence-corrected chi connectivity index (χ2v) is 6.13. The third-order valence-electron chi connectivity index (χ3n) is 4.19. The van der Waals surface area contributed by atoms with Crippen LogP contribution in [0.5, 0.6) is 0 Å². The van der Waals surface area contributed by atoms with Gasteiger partial charge in [-0.05, 0) is 18.8 Å². The lowest BCUT2D eigenvalue weighted by molar-refractivity contribution is -0.111. The molecule has 0 radical (unpaired) electrons. The molecular formula is C18H36O. The Kier molecular flexibility index (Phi) is 13.8.